The maximum absolute atomic E-state index is 13.1. The summed E-state index contributed by atoms with van der Waals surface area (Å²) in [6, 6.07) is -0.169. The van der Waals surface area contributed by atoms with Gasteiger partial charge in [0, 0.05) is 25.4 Å². The Balaban J connectivity index is 1.62. The summed E-state index contributed by atoms with van der Waals surface area (Å²) in [5.74, 6) is 0.590. The third-order valence-corrected chi connectivity index (χ3v) is 7.37. The van der Waals surface area contributed by atoms with Gasteiger partial charge >= 0.3 is 5.97 Å². The molecule has 1 saturated carbocycles. The third kappa shape index (κ3) is 5.96. The Bertz CT molecular complexity index is 605. The first-order chi connectivity index (χ1) is 14.5. The minimum atomic E-state index is -0.242. The minimum Gasteiger partial charge on any atom is -0.466 e. The highest BCUT2D eigenvalue weighted by Crippen LogP contribution is 2.33. The lowest BCUT2D eigenvalue weighted by Crippen LogP contribution is -2.48. The molecule has 0 bridgehead atoms. The van der Waals surface area contributed by atoms with Crippen LogP contribution in [0.15, 0.2) is 0 Å². The van der Waals surface area contributed by atoms with E-state index in [1.54, 1.807) is 0 Å². The van der Waals surface area contributed by atoms with Crippen LogP contribution in [0.25, 0.3) is 0 Å². The smallest absolute Gasteiger partial charge is 0.306 e. The fraction of sp³-hybridized carbons (Fsp3) is 0.870. The molecule has 0 aromatic rings. The first-order valence-electron chi connectivity index (χ1n) is 12.0. The normalized spacial score (nSPS) is 28.4. The zero-order valence-electron chi connectivity index (χ0n) is 18.5. The van der Waals surface area contributed by atoms with Crippen molar-refractivity contribution < 1.29 is 19.1 Å². The molecule has 1 aliphatic carbocycles. The van der Waals surface area contributed by atoms with Crippen molar-refractivity contribution in [2.24, 2.45) is 23.5 Å². The van der Waals surface area contributed by atoms with Crippen molar-refractivity contribution >= 4 is 17.8 Å². The molecule has 2 N–H and O–H groups in total. The summed E-state index contributed by atoms with van der Waals surface area (Å²) >= 11 is 0. The average Bonchev–Trinajstić information content (AvgIpc) is 3.22. The number of ether oxygens (including phenoxy) is 1. The molecule has 2 amide bonds. The van der Waals surface area contributed by atoms with E-state index in [2.05, 4.69) is 9.80 Å². The van der Waals surface area contributed by atoms with Gasteiger partial charge in [-0.3, -0.25) is 19.3 Å². The largest absolute Gasteiger partial charge is 0.466 e. The molecule has 3 aliphatic rings. The minimum absolute atomic E-state index is 0.143. The summed E-state index contributed by atoms with van der Waals surface area (Å²) in [4.78, 5) is 41.2. The maximum Gasteiger partial charge on any atom is 0.306 e. The van der Waals surface area contributed by atoms with E-state index >= 15 is 0 Å². The molecule has 170 valence electrons. The van der Waals surface area contributed by atoms with Crippen molar-refractivity contribution in [1.82, 2.24) is 9.80 Å². The number of amides is 2. The van der Waals surface area contributed by atoms with E-state index in [1.165, 1.54) is 6.42 Å². The summed E-state index contributed by atoms with van der Waals surface area (Å²) in [6.07, 6.45) is 9.55. The first kappa shape index (κ1) is 23.0. The number of piperidine rings is 1. The molecular formula is C23H39N3O4. The van der Waals surface area contributed by atoms with Crippen LogP contribution < -0.4 is 5.73 Å². The number of primary amides is 1. The molecule has 3 fully saturated rings. The molecule has 2 aliphatic heterocycles. The SMILES string of the molecule is CCOC(=O)C[C@@H]1CCN(C(=O)C2CCCCC2)C[C@@H]1CCN1CCC[C@H]1C(N)=O. The number of carbonyl (C=O) groups is 3. The van der Waals surface area contributed by atoms with E-state index in [9.17, 15) is 14.4 Å². The number of hydrogen-bond acceptors (Lipinski definition) is 5. The molecule has 0 radical (unpaired) electrons. The summed E-state index contributed by atoms with van der Waals surface area (Å²) in [6.45, 7) is 5.38. The maximum atomic E-state index is 13.1. The van der Waals surface area contributed by atoms with Crippen molar-refractivity contribution in [2.45, 2.75) is 77.2 Å². The van der Waals surface area contributed by atoms with E-state index < -0.39 is 0 Å². The van der Waals surface area contributed by atoms with Crippen LogP contribution in [0.4, 0.5) is 0 Å². The highest BCUT2D eigenvalue weighted by atomic mass is 16.5. The van der Waals surface area contributed by atoms with Gasteiger partial charge < -0.3 is 15.4 Å². The van der Waals surface area contributed by atoms with Gasteiger partial charge in [0.15, 0.2) is 0 Å². The second-order valence-corrected chi connectivity index (χ2v) is 9.32. The van der Waals surface area contributed by atoms with Crippen molar-refractivity contribution in [3.05, 3.63) is 0 Å². The Hall–Kier alpha value is -1.63. The molecule has 7 heteroatoms. The summed E-state index contributed by atoms with van der Waals surface area (Å²) in [7, 11) is 0. The monoisotopic (exact) mass is 421 g/mol. The summed E-state index contributed by atoms with van der Waals surface area (Å²) < 4.78 is 5.20. The number of nitrogens with two attached hydrogens (primary N) is 1. The van der Waals surface area contributed by atoms with E-state index in [0.717, 1.165) is 71.0 Å². The number of carbonyl (C=O) groups excluding carboxylic acids is 3. The Kier molecular flexibility index (Phi) is 8.54. The number of esters is 1. The van der Waals surface area contributed by atoms with E-state index in [1.807, 2.05) is 6.92 Å². The predicted molar refractivity (Wildman–Crippen MR) is 114 cm³/mol. The lowest BCUT2D eigenvalue weighted by molar-refractivity contribution is -0.146. The van der Waals surface area contributed by atoms with Crippen LogP contribution >= 0.6 is 0 Å². The lowest BCUT2D eigenvalue weighted by Gasteiger charge is -2.41. The molecule has 0 unspecified atom stereocenters. The van der Waals surface area contributed by atoms with Crippen molar-refractivity contribution in [2.75, 3.05) is 32.8 Å². The molecule has 30 heavy (non-hydrogen) atoms. The number of nitrogens with zero attached hydrogens (tertiary/aromatic N) is 2. The zero-order valence-corrected chi connectivity index (χ0v) is 18.5. The summed E-state index contributed by atoms with van der Waals surface area (Å²) in [5, 5.41) is 0. The molecule has 2 saturated heterocycles. The van der Waals surface area contributed by atoms with Gasteiger partial charge in [-0.1, -0.05) is 19.3 Å². The van der Waals surface area contributed by atoms with Gasteiger partial charge in [-0.15, -0.1) is 0 Å². The van der Waals surface area contributed by atoms with E-state index in [0.29, 0.717) is 25.5 Å². The van der Waals surface area contributed by atoms with Crippen LogP contribution in [0.1, 0.15) is 71.1 Å². The fourth-order valence-electron chi connectivity index (χ4n) is 5.67. The van der Waals surface area contributed by atoms with Gasteiger partial charge in [0.2, 0.25) is 11.8 Å². The standard InChI is InChI=1S/C23H39N3O4/c1-2-30-21(27)15-18-10-14-26(23(29)17-7-4-3-5-8-17)16-19(18)11-13-25-12-6-9-20(25)22(24)28/h17-20H,2-16H2,1H3,(H2,24,28)/t18-,19-,20-/m0/s1. The molecule has 3 atom stereocenters. The summed E-state index contributed by atoms with van der Waals surface area (Å²) in [5.41, 5.74) is 5.57. The molecule has 0 aromatic carbocycles. The Labute approximate surface area is 180 Å². The first-order valence-corrected chi connectivity index (χ1v) is 12.0. The zero-order chi connectivity index (χ0) is 21.5. The lowest BCUT2D eigenvalue weighted by atomic mass is 9.80. The third-order valence-electron chi connectivity index (χ3n) is 7.37. The van der Waals surface area contributed by atoms with Crippen molar-refractivity contribution in [1.29, 1.82) is 0 Å². The second kappa shape index (κ2) is 11.1. The van der Waals surface area contributed by atoms with Crippen molar-refractivity contribution in [3.63, 3.8) is 0 Å². The van der Waals surface area contributed by atoms with Crippen LogP contribution in [-0.2, 0) is 19.1 Å². The van der Waals surface area contributed by atoms with E-state index in [-0.39, 0.29) is 35.7 Å². The Morgan fingerprint density at radius 3 is 2.43 bits per heavy atom. The Morgan fingerprint density at radius 2 is 1.73 bits per heavy atom. The van der Waals surface area contributed by atoms with Crippen LogP contribution in [0.3, 0.4) is 0 Å². The van der Waals surface area contributed by atoms with Gasteiger partial charge in [0.25, 0.3) is 0 Å². The molecule has 3 rings (SSSR count). The average molecular weight is 422 g/mol. The molecule has 7 nitrogen and oxygen atoms in total. The fourth-order valence-corrected chi connectivity index (χ4v) is 5.67. The number of likely N-dealkylation sites (tertiary alicyclic amines) is 2. The van der Waals surface area contributed by atoms with Crippen LogP contribution in [0.5, 0.6) is 0 Å². The van der Waals surface area contributed by atoms with Crippen LogP contribution in [0.2, 0.25) is 0 Å². The van der Waals surface area contributed by atoms with Gasteiger partial charge in [-0.05, 0) is 70.4 Å². The van der Waals surface area contributed by atoms with Gasteiger partial charge in [-0.2, -0.15) is 0 Å². The van der Waals surface area contributed by atoms with Crippen LogP contribution in [-0.4, -0.2) is 66.4 Å². The topological polar surface area (TPSA) is 92.9 Å². The highest BCUT2D eigenvalue weighted by Gasteiger charge is 2.36. The molecular weight excluding hydrogens is 382 g/mol. The molecule has 0 spiro atoms. The van der Waals surface area contributed by atoms with Crippen molar-refractivity contribution in [3.8, 4) is 0 Å². The molecule has 0 aromatic heterocycles. The highest BCUT2D eigenvalue weighted by molar-refractivity contribution is 5.80. The van der Waals surface area contributed by atoms with Gasteiger partial charge in [0.05, 0.1) is 12.6 Å². The quantitative estimate of drug-likeness (QED) is 0.607. The predicted octanol–water partition coefficient (Wildman–Crippen LogP) is 2.32. The van der Waals surface area contributed by atoms with E-state index in [4.69, 9.17) is 10.5 Å². The van der Waals surface area contributed by atoms with Gasteiger partial charge in [-0.25, -0.2) is 0 Å². The van der Waals surface area contributed by atoms with Gasteiger partial charge in [0.1, 0.15) is 0 Å². The number of hydrogen-bond donors (Lipinski definition) is 1. The second-order valence-electron chi connectivity index (χ2n) is 9.32. The van der Waals surface area contributed by atoms with Crippen LogP contribution in [0, 0.1) is 17.8 Å². The number of rotatable bonds is 8. The Morgan fingerprint density at radius 1 is 0.967 bits per heavy atom. The molecule has 2 heterocycles.